The maximum Gasteiger partial charge on any atom is 0.418 e. The fourth-order valence-electron chi connectivity index (χ4n) is 4.10. The van der Waals surface area contributed by atoms with Gasteiger partial charge >= 0.3 is 16.4 Å². The molecular formula is C27H36N8O10S2. The first-order valence-electron chi connectivity index (χ1n) is 13.9. The number of hydrogen-bond acceptors (Lipinski definition) is 15. The molecule has 0 unspecified atom stereocenters. The van der Waals surface area contributed by atoms with E-state index in [1.54, 1.807) is 31.3 Å². The number of allylic oxidation sites excluding steroid dienone is 2. The lowest BCUT2D eigenvalue weighted by Gasteiger charge is -2.50. The van der Waals surface area contributed by atoms with Gasteiger partial charge in [0.2, 0.25) is 0 Å². The number of aromatic nitrogens is 1. The lowest BCUT2D eigenvalue weighted by atomic mass is 9.84. The van der Waals surface area contributed by atoms with Gasteiger partial charge in [-0.1, -0.05) is 5.16 Å². The van der Waals surface area contributed by atoms with E-state index in [0.717, 1.165) is 35.6 Å². The Morgan fingerprint density at radius 1 is 1.28 bits per heavy atom. The van der Waals surface area contributed by atoms with Crippen molar-refractivity contribution in [1.29, 1.82) is 0 Å². The van der Waals surface area contributed by atoms with Gasteiger partial charge < -0.3 is 36.8 Å². The second-order valence-electron chi connectivity index (χ2n) is 10.5. The molecule has 256 valence electrons. The molecule has 8 N–H and O–H groups in total. The van der Waals surface area contributed by atoms with Crippen molar-refractivity contribution in [3.8, 4) is 5.75 Å². The monoisotopic (exact) mass is 696 g/mol. The van der Waals surface area contributed by atoms with E-state index in [4.69, 9.17) is 25.6 Å². The van der Waals surface area contributed by atoms with Crippen molar-refractivity contribution < 1.29 is 46.3 Å². The van der Waals surface area contributed by atoms with Gasteiger partial charge in [0, 0.05) is 24.7 Å². The third kappa shape index (κ3) is 9.93. The van der Waals surface area contributed by atoms with E-state index in [1.807, 2.05) is 13.0 Å². The summed E-state index contributed by atoms with van der Waals surface area (Å²) < 4.78 is 41.0. The molecule has 20 heteroatoms. The summed E-state index contributed by atoms with van der Waals surface area (Å²) in [5, 5.41) is 20.8. The number of thiazole rings is 1. The average Bonchev–Trinajstić information content (AvgIpc) is 3.44. The van der Waals surface area contributed by atoms with E-state index < -0.39 is 58.2 Å². The summed E-state index contributed by atoms with van der Waals surface area (Å²) in [5.41, 5.74) is 11.6. The highest BCUT2D eigenvalue weighted by Gasteiger charge is 2.58. The first kappa shape index (κ1) is 36.8. The molecule has 0 bridgehead atoms. The zero-order valence-electron chi connectivity index (χ0n) is 25.9. The summed E-state index contributed by atoms with van der Waals surface area (Å²) in [4.78, 5) is 51.1. The number of hydroxylamine groups is 2. The third-order valence-corrected chi connectivity index (χ3v) is 7.59. The normalized spacial score (nSPS) is 17.5. The van der Waals surface area contributed by atoms with Crippen LogP contribution in [0.3, 0.4) is 0 Å². The van der Waals surface area contributed by atoms with Crippen molar-refractivity contribution in [3.05, 3.63) is 52.7 Å². The highest BCUT2D eigenvalue weighted by Crippen LogP contribution is 2.33. The number of aliphatic imine (C=N–C) groups is 1. The van der Waals surface area contributed by atoms with E-state index in [2.05, 4.69) is 30.0 Å². The van der Waals surface area contributed by atoms with Crippen LogP contribution in [0.5, 0.6) is 5.75 Å². The fraction of sp³-hybridized carbons (Fsp3) is 0.407. The van der Waals surface area contributed by atoms with Crippen LogP contribution in [0.15, 0.2) is 51.6 Å². The van der Waals surface area contributed by atoms with E-state index >= 15 is 0 Å². The van der Waals surface area contributed by atoms with Gasteiger partial charge in [-0.25, -0.2) is 9.78 Å². The molecule has 1 saturated heterocycles. The van der Waals surface area contributed by atoms with E-state index in [0.29, 0.717) is 23.1 Å². The Labute approximate surface area is 274 Å². The number of nitrogens with zero attached hydrogens (tertiary/aromatic N) is 4. The van der Waals surface area contributed by atoms with Gasteiger partial charge in [0.25, 0.3) is 17.9 Å². The van der Waals surface area contributed by atoms with Crippen molar-refractivity contribution in [1.82, 2.24) is 20.7 Å². The minimum atomic E-state index is -5.02. The summed E-state index contributed by atoms with van der Waals surface area (Å²) in [7, 11) is -3.36. The number of nitrogen functional groups attached to an aromatic ring is 1. The summed E-state index contributed by atoms with van der Waals surface area (Å²) in [5.74, 6) is -3.16. The summed E-state index contributed by atoms with van der Waals surface area (Å²) in [6, 6.07) is 5.41. The molecule has 1 aromatic heterocycles. The molecule has 2 atom stereocenters. The number of benzene rings is 1. The molecular weight excluding hydrogens is 660 g/mol. The smallest absolute Gasteiger partial charge is 0.418 e. The van der Waals surface area contributed by atoms with Crippen molar-refractivity contribution in [2.75, 3.05) is 32.5 Å². The van der Waals surface area contributed by atoms with E-state index in [9.17, 15) is 27.9 Å². The molecule has 47 heavy (non-hydrogen) atoms. The predicted molar refractivity (Wildman–Crippen MR) is 171 cm³/mol. The highest BCUT2D eigenvalue weighted by atomic mass is 32.3. The van der Waals surface area contributed by atoms with Crippen LogP contribution >= 0.6 is 11.3 Å². The molecule has 2 heterocycles. The Balaban J connectivity index is 1.71. The second-order valence-corrected chi connectivity index (χ2v) is 12.4. The van der Waals surface area contributed by atoms with Crippen LogP contribution in [0.2, 0.25) is 0 Å². The maximum atomic E-state index is 13.2. The van der Waals surface area contributed by atoms with Crippen molar-refractivity contribution in [2.24, 2.45) is 15.9 Å². The van der Waals surface area contributed by atoms with Crippen LogP contribution in [0.4, 0.5) is 5.13 Å². The van der Waals surface area contributed by atoms with Crippen molar-refractivity contribution in [3.63, 3.8) is 0 Å². The van der Waals surface area contributed by atoms with Crippen molar-refractivity contribution >= 4 is 56.1 Å². The molecule has 0 aliphatic carbocycles. The molecule has 0 spiro atoms. The first-order chi connectivity index (χ1) is 22.1. The molecule has 1 aromatic carbocycles. The molecule has 1 aliphatic heterocycles. The number of carboxylic acid groups (broad SMARTS) is 1. The zero-order chi connectivity index (χ0) is 34.9. The summed E-state index contributed by atoms with van der Waals surface area (Å²) in [6.07, 6.45) is 1.02. The Bertz CT molecular complexity index is 1660. The summed E-state index contributed by atoms with van der Waals surface area (Å²) >= 11 is 0.955. The van der Waals surface area contributed by atoms with Crippen LogP contribution in [0, 0.1) is 0 Å². The maximum absolute atomic E-state index is 13.2. The summed E-state index contributed by atoms with van der Waals surface area (Å²) in [6.45, 7) is 5.43. The first-order valence-corrected chi connectivity index (χ1v) is 16.1. The second kappa shape index (κ2) is 15.8. The van der Waals surface area contributed by atoms with Gasteiger partial charge in [-0.05, 0) is 69.6 Å². The van der Waals surface area contributed by atoms with Crippen LogP contribution in [0.1, 0.15) is 38.4 Å². The largest absolute Gasteiger partial charge is 0.489 e. The van der Waals surface area contributed by atoms with Crippen LogP contribution < -0.4 is 26.8 Å². The minimum Gasteiger partial charge on any atom is -0.489 e. The Morgan fingerprint density at radius 2 is 1.96 bits per heavy atom. The number of nitrogens with one attached hydrogen (secondary N) is 2. The van der Waals surface area contributed by atoms with Gasteiger partial charge in [0.1, 0.15) is 24.1 Å². The van der Waals surface area contributed by atoms with Crippen LogP contribution in [-0.4, -0.2) is 102 Å². The number of carboxylic acids is 1. The molecule has 2 aromatic rings. The van der Waals surface area contributed by atoms with E-state index in [1.165, 1.54) is 19.2 Å². The van der Waals surface area contributed by atoms with Gasteiger partial charge in [0.15, 0.2) is 10.8 Å². The number of rotatable bonds is 17. The number of β-lactam (4-membered cyclic amide) rings is 1. The Morgan fingerprint density at radius 3 is 2.49 bits per heavy atom. The number of oxime groups is 1. The van der Waals surface area contributed by atoms with Gasteiger partial charge in [0.05, 0.1) is 11.3 Å². The van der Waals surface area contributed by atoms with Gasteiger partial charge in [-0.2, -0.15) is 13.5 Å². The number of ether oxygens (including phenoxy) is 1. The number of nitrogens with two attached hydrogens (primary N) is 2. The number of anilines is 1. The SMILES string of the molecule is CN=C(/C=C(/C)NCCCN)c1ccc(OC[C@H](O/N=C(\C(=O)N[C@@H]2C(=O)N(OS(=O)(=O)O)C2(C)C)c2csc(N)n2)C(=O)O)cc1. The lowest BCUT2D eigenvalue weighted by Crippen LogP contribution is -2.76. The molecule has 1 aliphatic rings. The van der Waals surface area contributed by atoms with Crippen molar-refractivity contribution in [2.45, 2.75) is 44.9 Å². The number of amides is 2. The number of aliphatic carboxylic acids is 1. The number of carbonyl (C=O) groups excluding carboxylic acids is 2. The minimum absolute atomic E-state index is 0.0552. The van der Waals surface area contributed by atoms with E-state index in [-0.39, 0.29) is 10.8 Å². The number of hydrogen-bond donors (Lipinski definition) is 6. The fourth-order valence-corrected chi connectivity index (χ4v) is 5.10. The van der Waals surface area contributed by atoms with Crippen LogP contribution in [0.25, 0.3) is 0 Å². The predicted octanol–water partition coefficient (Wildman–Crippen LogP) is 0.0793. The molecule has 2 amide bonds. The van der Waals surface area contributed by atoms with Crippen LogP contribution in [-0.2, 0) is 33.9 Å². The topological polar surface area (TPSA) is 270 Å². The highest BCUT2D eigenvalue weighted by molar-refractivity contribution is 7.80. The third-order valence-electron chi connectivity index (χ3n) is 6.58. The Hall–Kier alpha value is -4.63. The number of carbonyl (C=O) groups is 3. The van der Waals surface area contributed by atoms with Gasteiger partial charge in [-0.3, -0.25) is 19.1 Å². The quantitative estimate of drug-likeness (QED) is 0.0420. The molecule has 1 fully saturated rings. The molecule has 0 radical (unpaired) electrons. The standard InChI is InChI=1S/C27H36N8O10S2/c1-15(31-11-5-10-28)12-18(30-4)16-6-8-17(9-7-16)43-13-20(25(38)39)44-34-21(19-14-46-26(29)32-19)23(36)33-22-24(37)35(27(22,2)3)45-47(40,41)42/h6-9,12,14,20,22,31H,5,10-11,13,28H2,1-4H3,(H2,29,32)(H,33,36)(H,38,39)(H,40,41,42)/b15-12-,30-18?,34-21-/t20-,22+/m0/s1. The molecule has 3 rings (SSSR count). The molecule has 18 nitrogen and oxygen atoms in total. The average molecular weight is 697 g/mol. The zero-order valence-corrected chi connectivity index (χ0v) is 27.5. The van der Waals surface area contributed by atoms with Gasteiger partial charge in [-0.15, -0.1) is 15.6 Å². The molecule has 0 saturated carbocycles. The Kier molecular flexibility index (Phi) is 12.4. The lowest BCUT2D eigenvalue weighted by molar-refractivity contribution is -0.218.